The maximum absolute atomic E-state index is 5.83. The van der Waals surface area contributed by atoms with Gasteiger partial charge in [0.25, 0.3) is 0 Å². The largest absolute Gasteiger partial charge is 0.492 e. The van der Waals surface area contributed by atoms with Crippen molar-refractivity contribution in [3.63, 3.8) is 0 Å². The summed E-state index contributed by atoms with van der Waals surface area (Å²) in [4.78, 5) is 13.6. The summed E-state index contributed by atoms with van der Waals surface area (Å²) >= 11 is 0. The van der Waals surface area contributed by atoms with Crippen LogP contribution in [0.4, 0.5) is 0 Å². The fourth-order valence-electron chi connectivity index (χ4n) is 3.73. The summed E-state index contributed by atoms with van der Waals surface area (Å²) in [5.41, 5.74) is 9.65. The third-order valence-electron chi connectivity index (χ3n) is 6.17. The minimum atomic E-state index is 0.0697. The maximum Gasteiger partial charge on any atom is 0.137 e. The van der Waals surface area contributed by atoms with Crippen molar-refractivity contribution in [1.82, 2.24) is 4.98 Å². The van der Waals surface area contributed by atoms with Gasteiger partial charge in [0.05, 0.1) is 37.2 Å². The highest BCUT2D eigenvalue weighted by Gasteiger charge is 2.02. The number of benzene rings is 2. The molecule has 208 valence electrons. The molecule has 1 aromatic heterocycles. The zero-order valence-electron chi connectivity index (χ0n) is 23.5. The van der Waals surface area contributed by atoms with Crippen molar-refractivity contribution in [2.75, 3.05) is 13.2 Å². The summed E-state index contributed by atoms with van der Waals surface area (Å²) < 4.78 is 11.6. The van der Waals surface area contributed by atoms with Crippen molar-refractivity contribution >= 4 is 12.4 Å². The van der Waals surface area contributed by atoms with Gasteiger partial charge in [-0.05, 0) is 68.0 Å². The van der Waals surface area contributed by atoms with Gasteiger partial charge in [-0.2, -0.15) is 0 Å². The van der Waals surface area contributed by atoms with E-state index in [0.717, 1.165) is 41.8 Å². The summed E-state index contributed by atoms with van der Waals surface area (Å²) in [6, 6.07) is 24.4. The summed E-state index contributed by atoms with van der Waals surface area (Å²) in [6.07, 6.45) is 13.2. The molecule has 0 aliphatic heterocycles. The smallest absolute Gasteiger partial charge is 0.137 e. The Labute approximate surface area is 238 Å². The zero-order chi connectivity index (χ0) is 28.4. The van der Waals surface area contributed by atoms with E-state index < -0.39 is 0 Å². The molecule has 6 nitrogen and oxygen atoms in total. The molecule has 1 heterocycles. The summed E-state index contributed by atoms with van der Waals surface area (Å²) in [6.45, 7) is 9.36. The standard InChI is InChI=1S/C34H40N4O2/c1-27(24-36-28(2)30-13-7-4-8-14-30)17-19-33(23-35)39-21-11-6-12-22-40-34-20-18-32(38-26-34)25-37-29(3)31-15-9-5-10-16-31/h4-5,7-10,13-20,23-26,28-29H,1,6,11-12,21-22,35H2,2-3H3/b19-17-,33-23+,36-24?,37-25?/t28-,29-/m1/s1. The fourth-order valence-corrected chi connectivity index (χ4v) is 3.73. The van der Waals surface area contributed by atoms with Crippen molar-refractivity contribution in [3.8, 4) is 5.75 Å². The fraction of sp³-hybridized carbons (Fsp3) is 0.265. The minimum absolute atomic E-state index is 0.0697. The molecular weight excluding hydrogens is 496 g/mol. The second kappa shape index (κ2) is 17.2. The Balaban J connectivity index is 1.28. The van der Waals surface area contributed by atoms with Crippen LogP contribution in [0, 0.1) is 0 Å². The first-order valence-corrected chi connectivity index (χ1v) is 13.7. The molecule has 6 heteroatoms. The number of pyridine rings is 1. The third-order valence-corrected chi connectivity index (χ3v) is 6.17. The number of nitrogens with zero attached hydrogens (tertiary/aromatic N) is 3. The van der Waals surface area contributed by atoms with Gasteiger partial charge in [-0.25, -0.2) is 0 Å². The number of hydrogen-bond donors (Lipinski definition) is 1. The Morgan fingerprint density at radius 3 is 2.12 bits per heavy atom. The van der Waals surface area contributed by atoms with Crippen molar-refractivity contribution in [2.24, 2.45) is 15.7 Å². The van der Waals surface area contributed by atoms with Crippen LogP contribution in [0.3, 0.4) is 0 Å². The topological polar surface area (TPSA) is 82.1 Å². The van der Waals surface area contributed by atoms with Crippen molar-refractivity contribution in [3.05, 3.63) is 132 Å². The Hall–Kier alpha value is -4.45. The van der Waals surface area contributed by atoms with E-state index in [1.54, 1.807) is 18.6 Å². The lowest BCUT2D eigenvalue weighted by molar-refractivity contribution is 0.212. The number of aromatic nitrogens is 1. The monoisotopic (exact) mass is 536 g/mol. The number of nitrogens with two attached hydrogens (primary N) is 1. The molecular formula is C34H40N4O2. The van der Waals surface area contributed by atoms with E-state index in [4.69, 9.17) is 15.2 Å². The SMILES string of the molecule is C=C(C=N[C@H](C)c1ccccc1)/C=C\C(=C/N)OCCCCCOc1ccc(C=N[C@H](C)c2ccccc2)nc1. The molecule has 2 N–H and O–H groups in total. The molecule has 0 aliphatic rings. The van der Waals surface area contributed by atoms with Crippen molar-refractivity contribution in [1.29, 1.82) is 0 Å². The molecule has 40 heavy (non-hydrogen) atoms. The first-order chi connectivity index (χ1) is 19.5. The van der Waals surface area contributed by atoms with Crippen LogP contribution in [0.15, 0.2) is 125 Å². The van der Waals surface area contributed by atoms with Gasteiger partial charge in [0.1, 0.15) is 11.5 Å². The van der Waals surface area contributed by atoms with Gasteiger partial charge in [0.2, 0.25) is 0 Å². The Bertz CT molecular complexity index is 1270. The molecule has 0 amide bonds. The minimum Gasteiger partial charge on any atom is -0.492 e. The highest BCUT2D eigenvalue weighted by atomic mass is 16.5. The molecule has 0 fully saturated rings. The Morgan fingerprint density at radius 2 is 1.50 bits per heavy atom. The van der Waals surface area contributed by atoms with E-state index in [9.17, 15) is 0 Å². The second-order valence-corrected chi connectivity index (χ2v) is 9.38. The first kappa shape index (κ1) is 30.1. The molecule has 3 rings (SSSR count). The zero-order valence-corrected chi connectivity index (χ0v) is 23.5. The predicted molar refractivity (Wildman–Crippen MR) is 166 cm³/mol. The summed E-state index contributed by atoms with van der Waals surface area (Å²) in [7, 11) is 0. The van der Waals surface area contributed by atoms with Crippen molar-refractivity contribution in [2.45, 2.75) is 45.2 Å². The number of ether oxygens (including phenoxy) is 2. The van der Waals surface area contributed by atoms with E-state index in [1.165, 1.54) is 11.8 Å². The van der Waals surface area contributed by atoms with Crippen LogP contribution in [0.25, 0.3) is 0 Å². The average Bonchev–Trinajstić information content (AvgIpc) is 3.01. The third kappa shape index (κ3) is 11.1. The summed E-state index contributed by atoms with van der Waals surface area (Å²) in [5.74, 6) is 1.36. The molecule has 0 aliphatic carbocycles. The van der Waals surface area contributed by atoms with Gasteiger partial charge in [-0.3, -0.25) is 15.0 Å². The van der Waals surface area contributed by atoms with Crippen LogP contribution >= 0.6 is 0 Å². The van der Waals surface area contributed by atoms with Gasteiger partial charge < -0.3 is 15.2 Å². The normalized spacial score (nSPS) is 13.6. The lowest BCUT2D eigenvalue weighted by Gasteiger charge is -2.08. The molecule has 0 spiro atoms. The van der Waals surface area contributed by atoms with Gasteiger partial charge in [0, 0.05) is 18.6 Å². The van der Waals surface area contributed by atoms with Crippen LogP contribution < -0.4 is 10.5 Å². The molecule has 0 saturated heterocycles. The quantitative estimate of drug-likeness (QED) is 0.0886. The molecule has 0 saturated carbocycles. The number of aliphatic imine (C=N–C) groups is 2. The number of hydrogen-bond acceptors (Lipinski definition) is 6. The molecule has 0 unspecified atom stereocenters. The average molecular weight is 537 g/mol. The summed E-state index contributed by atoms with van der Waals surface area (Å²) in [5, 5.41) is 0. The van der Waals surface area contributed by atoms with E-state index in [-0.39, 0.29) is 12.1 Å². The second-order valence-electron chi connectivity index (χ2n) is 9.38. The van der Waals surface area contributed by atoms with Crippen LogP contribution in [-0.2, 0) is 4.74 Å². The predicted octanol–water partition coefficient (Wildman–Crippen LogP) is 7.57. The molecule has 0 bridgehead atoms. The van der Waals surface area contributed by atoms with E-state index in [0.29, 0.717) is 19.0 Å². The highest BCUT2D eigenvalue weighted by molar-refractivity contribution is 5.81. The number of allylic oxidation sites excluding steroid dienone is 3. The number of unbranched alkanes of at least 4 members (excludes halogenated alkanes) is 2. The number of rotatable bonds is 16. The van der Waals surface area contributed by atoms with Crippen molar-refractivity contribution < 1.29 is 9.47 Å². The molecule has 0 radical (unpaired) electrons. The Morgan fingerprint density at radius 1 is 0.850 bits per heavy atom. The first-order valence-electron chi connectivity index (χ1n) is 13.7. The lowest BCUT2D eigenvalue weighted by Crippen LogP contribution is -2.01. The Kier molecular flexibility index (Phi) is 12.9. The van der Waals surface area contributed by atoms with E-state index >= 15 is 0 Å². The van der Waals surface area contributed by atoms with Crippen LogP contribution in [0.2, 0.25) is 0 Å². The van der Waals surface area contributed by atoms with Crippen LogP contribution in [-0.4, -0.2) is 30.6 Å². The lowest BCUT2D eigenvalue weighted by atomic mass is 10.1. The van der Waals surface area contributed by atoms with Crippen LogP contribution in [0.1, 0.15) is 62.0 Å². The van der Waals surface area contributed by atoms with E-state index in [1.807, 2.05) is 60.7 Å². The molecule has 2 aromatic carbocycles. The van der Waals surface area contributed by atoms with Crippen LogP contribution in [0.5, 0.6) is 5.75 Å². The van der Waals surface area contributed by atoms with Gasteiger partial charge in [-0.15, -0.1) is 0 Å². The highest BCUT2D eigenvalue weighted by Crippen LogP contribution is 2.17. The van der Waals surface area contributed by atoms with E-state index in [2.05, 4.69) is 59.7 Å². The van der Waals surface area contributed by atoms with Gasteiger partial charge in [-0.1, -0.05) is 73.3 Å². The maximum atomic E-state index is 5.83. The van der Waals surface area contributed by atoms with Gasteiger partial charge >= 0.3 is 0 Å². The van der Waals surface area contributed by atoms with Gasteiger partial charge in [0.15, 0.2) is 0 Å². The molecule has 3 aromatic rings. The molecule has 2 atom stereocenters.